The summed E-state index contributed by atoms with van der Waals surface area (Å²) < 4.78 is 1.54. The summed E-state index contributed by atoms with van der Waals surface area (Å²) in [6.45, 7) is 0. The summed E-state index contributed by atoms with van der Waals surface area (Å²) in [6, 6.07) is 5.95. The van der Waals surface area contributed by atoms with Gasteiger partial charge in [0.15, 0.2) is 5.65 Å². The molecular formula is C22H22ClN9O2. The first-order valence-corrected chi connectivity index (χ1v) is 11.4. The molecule has 2 aliphatic carbocycles. The highest BCUT2D eigenvalue weighted by Crippen LogP contribution is 2.40. The molecule has 6 N–H and O–H groups in total. The van der Waals surface area contributed by atoms with Crippen molar-refractivity contribution in [2.24, 2.45) is 10.7 Å². The third-order valence-corrected chi connectivity index (χ3v) is 6.61. The zero-order chi connectivity index (χ0) is 23.4. The first-order valence-electron chi connectivity index (χ1n) is 11.1. The van der Waals surface area contributed by atoms with E-state index in [0.717, 1.165) is 37.7 Å². The Morgan fingerprint density at radius 1 is 1.29 bits per heavy atom. The lowest BCUT2D eigenvalue weighted by molar-refractivity contribution is 0.253. The second-order valence-electron chi connectivity index (χ2n) is 8.86. The molecule has 0 radical (unpaired) electrons. The smallest absolute Gasteiger partial charge is 0.326 e. The van der Waals surface area contributed by atoms with Gasteiger partial charge in [0.1, 0.15) is 5.69 Å². The average molecular weight is 480 g/mol. The Hall–Kier alpha value is -3.70. The number of aromatic amines is 2. The maximum Gasteiger partial charge on any atom is 0.326 e. The summed E-state index contributed by atoms with van der Waals surface area (Å²) in [5, 5.41) is 18.6. The van der Waals surface area contributed by atoms with Crippen molar-refractivity contribution in [3.63, 3.8) is 0 Å². The molecule has 0 unspecified atom stereocenters. The van der Waals surface area contributed by atoms with Crippen LogP contribution in [0.5, 0.6) is 5.88 Å². The lowest BCUT2D eigenvalue weighted by Gasteiger charge is -2.38. The summed E-state index contributed by atoms with van der Waals surface area (Å²) in [6.07, 6.45) is 8.17. The van der Waals surface area contributed by atoms with Gasteiger partial charge in [-0.2, -0.15) is 19.6 Å². The molecule has 0 saturated heterocycles. The van der Waals surface area contributed by atoms with Crippen molar-refractivity contribution in [3.8, 4) is 5.88 Å². The number of rotatable bonds is 5. The predicted octanol–water partition coefficient (Wildman–Crippen LogP) is 1.19. The summed E-state index contributed by atoms with van der Waals surface area (Å²) in [5.74, 6) is 0.0326. The van der Waals surface area contributed by atoms with Crippen molar-refractivity contribution in [1.82, 2.24) is 29.5 Å². The zero-order valence-corrected chi connectivity index (χ0v) is 18.8. The molecule has 34 heavy (non-hydrogen) atoms. The van der Waals surface area contributed by atoms with E-state index in [-0.39, 0.29) is 23.2 Å². The number of benzene rings is 1. The molecule has 1 aromatic carbocycles. The van der Waals surface area contributed by atoms with Gasteiger partial charge in [0.2, 0.25) is 11.8 Å². The van der Waals surface area contributed by atoms with Crippen LogP contribution in [0.4, 0.5) is 11.6 Å². The molecule has 3 aromatic heterocycles. The summed E-state index contributed by atoms with van der Waals surface area (Å²) >= 11 is 6.57. The number of imidazole rings is 1. The normalized spacial score (nSPS) is 18.4. The summed E-state index contributed by atoms with van der Waals surface area (Å²) in [4.78, 5) is 30.1. The first kappa shape index (κ1) is 20.9. The molecular weight excluding hydrogens is 458 g/mol. The van der Waals surface area contributed by atoms with Crippen LogP contribution in [0.2, 0.25) is 5.02 Å². The standard InChI is InChI=1S/C22H22ClN9O2/c23-14-9-12(22(24)6-1-7-22)2-5-15(14)27-19-29-17-11(8-16-18(33)30-21(34)28-16)10-25-32(17)20(31-19)26-13-3-4-13/h2,5,8-10,13,33H,1,3-4,6-7,24H2,(H,26,27,31)(H2,28,30,34). The second-order valence-corrected chi connectivity index (χ2v) is 9.27. The number of hydrogen-bond acceptors (Lipinski definition) is 8. The van der Waals surface area contributed by atoms with E-state index in [1.54, 1.807) is 12.3 Å². The number of halogens is 1. The highest BCUT2D eigenvalue weighted by atomic mass is 35.5. The van der Waals surface area contributed by atoms with Crippen LogP contribution in [0, 0.1) is 0 Å². The van der Waals surface area contributed by atoms with E-state index >= 15 is 0 Å². The van der Waals surface area contributed by atoms with Crippen molar-refractivity contribution in [2.75, 3.05) is 5.32 Å². The molecule has 0 bridgehead atoms. The molecule has 0 aliphatic heterocycles. The molecule has 0 spiro atoms. The highest BCUT2D eigenvalue weighted by molar-refractivity contribution is 6.33. The molecule has 2 fully saturated rings. The van der Waals surface area contributed by atoms with E-state index in [4.69, 9.17) is 17.3 Å². The van der Waals surface area contributed by atoms with E-state index in [2.05, 4.69) is 35.3 Å². The Bertz CT molecular complexity index is 1590. The van der Waals surface area contributed by atoms with Gasteiger partial charge in [0.25, 0.3) is 5.62 Å². The van der Waals surface area contributed by atoms with Gasteiger partial charge < -0.3 is 21.1 Å². The van der Waals surface area contributed by atoms with Crippen LogP contribution >= 0.6 is 11.6 Å². The van der Waals surface area contributed by atoms with Crippen molar-refractivity contribution < 1.29 is 5.11 Å². The van der Waals surface area contributed by atoms with Gasteiger partial charge in [-0.25, -0.2) is 9.79 Å². The number of anilines is 2. The number of nitrogens with two attached hydrogens (primary N) is 1. The maximum absolute atomic E-state index is 11.5. The minimum atomic E-state index is -0.513. The van der Waals surface area contributed by atoms with Crippen molar-refractivity contribution in [1.29, 1.82) is 0 Å². The number of nitrogens with zero attached hydrogens (tertiary/aromatic N) is 5. The first-order chi connectivity index (χ1) is 16.4. The maximum atomic E-state index is 11.5. The average Bonchev–Trinajstić information content (AvgIpc) is 3.42. The molecule has 174 valence electrons. The lowest BCUT2D eigenvalue weighted by atomic mass is 9.73. The molecule has 4 aromatic rings. The van der Waals surface area contributed by atoms with E-state index in [0.29, 0.717) is 33.1 Å². The van der Waals surface area contributed by atoms with Gasteiger partial charge in [-0.05, 0) is 55.9 Å². The topological polar surface area (TPSA) is 162 Å². The van der Waals surface area contributed by atoms with E-state index < -0.39 is 5.69 Å². The molecule has 12 heteroatoms. The van der Waals surface area contributed by atoms with Crippen LogP contribution in [0.25, 0.3) is 11.7 Å². The third kappa shape index (κ3) is 3.72. The second kappa shape index (κ2) is 7.67. The Morgan fingerprint density at radius 3 is 2.76 bits per heavy atom. The van der Waals surface area contributed by atoms with Crippen LogP contribution in [-0.4, -0.2) is 40.7 Å². The van der Waals surface area contributed by atoms with Crippen LogP contribution in [0.1, 0.15) is 43.4 Å². The van der Waals surface area contributed by atoms with Gasteiger partial charge in [0, 0.05) is 10.8 Å². The van der Waals surface area contributed by atoms with Gasteiger partial charge in [-0.1, -0.05) is 17.7 Å². The number of aromatic nitrogens is 6. The fraction of sp³-hybridized carbons (Fsp3) is 0.318. The SMILES string of the molecule is NC1(c2ccc(Nc3nc(=NC4CC4)n4ncc(=Cc5[nH]c(=O)[nH]c5O)c4n3)c(Cl)c2)CCC1. The van der Waals surface area contributed by atoms with E-state index in [1.165, 1.54) is 4.52 Å². The van der Waals surface area contributed by atoms with Gasteiger partial charge in [-0.3, -0.25) is 4.98 Å². The van der Waals surface area contributed by atoms with Crippen LogP contribution in [0.3, 0.4) is 0 Å². The molecule has 0 amide bonds. The monoisotopic (exact) mass is 479 g/mol. The minimum absolute atomic E-state index is 0.207. The van der Waals surface area contributed by atoms with E-state index in [1.807, 2.05) is 18.2 Å². The number of aromatic hydroxyl groups is 1. The number of hydrogen-bond donors (Lipinski definition) is 5. The lowest BCUT2D eigenvalue weighted by Crippen LogP contribution is -2.43. The summed E-state index contributed by atoms with van der Waals surface area (Å²) in [5.41, 5.74) is 8.37. The Morgan fingerprint density at radius 2 is 2.12 bits per heavy atom. The quantitative estimate of drug-likeness (QED) is 0.287. The van der Waals surface area contributed by atoms with Gasteiger partial charge in [-0.15, -0.1) is 0 Å². The van der Waals surface area contributed by atoms with Gasteiger partial charge in [0.05, 0.1) is 22.9 Å². The van der Waals surface area contributed by atoms with Crippen LogP contribution < -0.4 is 27.6 Å². The summed E-state index contributed by atoms with van der Waals surface area (Å²) in [7, 11) is 0. The number of H-pyrrole nitrogens is 2. The zero-order valence-electron chi connectivity index (χ0n) is 18.0. The van der Waals surface area contributed by atoms with Crippen molar-refractivity contribution >= 4 is 35.0 Å². The molecule has 6 rings (SSSR count). The number of fused-ring (bicyclic) bond motifs is 1. The Balaban J connectivity index is 1.44. The third-order valence-electron chi connectivity index (χ3n) is 6.29. The number of nitrogens with one attached hydrogen (secondary N) is 3. The molecule has 2 aliphatic rings. The molecule has 2 saturated carbocycles. The minimum Gasteiger partial charge on any atom is -0.493 e. The van der Waals surface area contributed by atoms with Crippen molar-refractivity contribution in [3.05, 3.63) is 62.0 Å². The Labute approximate surface area is 197 Å². The molecule has 3 heterocycles. The van der Waals surface area contributed by atoms with Crippen LogP contribution in [0.15, 0.2) is 34.2 Å². The largest absolute Gasteiger partial charge is 0.493 e. The molecule has 11 nitrogen and oxygen atoms in total. The molecule has 0 atom stereocenters. The van der Waals surface area contributed by atoms with Crippen molar-refractivity contribution in [2.45, 2.75) is 43.7 Å². The fourth-order valence-corrected chi connectivity index (χ4v) is 4.26. The predicted molar refractivity (Wildman–Crippen MR) is 126 cm³/mol. The Kier molecular flexibility index (Phi) is 4.71. The van der Waals surface area contributed by atoms with E-state index in [9.17, 15) is 9.90 Å². The van der Waals surface area contributed by atoms with Gasteiger partial charge >= 0.3 is 5.69 Å². The van der Waals surface area contributed by atoms with Crippen LogP contribution in [-0.2, 0) is 5.54 Å². The highest BCUT2D eigenvalue weighted by Gasteiger charge is 2.34. The fourth-order valence-electron chi connectivity index (χ4n) is 4.03.